The van der Waals surface area contributed by atoms with Gasteiger partial charge in [0.15, 0.2) is 11.5 Å². The Kier molecular flexibility index (Phi) is 11.0. The summed E-state index contributed by atoms with van der Waals surface area (Å²) < 4.78 is 17.8. The van der Waals surface area contributed by atoms with Gasteiger partial charge < -0.3 is 14.2 Å². The zero-order chi connectivity index (χ0) is 20.0. The van der Waals surface area contributed by atoms with Gasteiger partial charge in [0.05, 0.1) is 20.3 Å². The highest BCUT2D eigenvalue weighted by atomic mass is 35.5. The lowest BCUT2D eigenvalue weighted by molar-refractivity contribution is 0.284. The number of hydrogen-bond acceptors (Lipinski definition) is 3. The van der Waals surface area contributed by atoms with E-state index in [1.54, 1.807) is 7.11 Å². The normalized spacial score (nSPS) is 11.0. The lowest BCUT2D eigenvalue weighted by Gasteiger charge is -2.17. The summed E-state index contributed by atoms with van der Waals surface area (Å²) in [6, 6.07) is 10.2. The minimum absolute atomic E-state index is 0.706. The van der Waals surface area contributed by atoms with Crippen molar-refractivity contribution in [1.82, 2.24) is 0 Å². The fraction of sp³-hybridized carbons (Fsp3) is 0.583. The summed E-state index contributed by atoms with van der Waals surface area (Å²) in [6.45, 7) is 3.62. The largest absolute Gasteiger partial charge is 0.493 e. The second-order valence-electron chi connectivity index (χ2n) is 7.17. The first kappa shape index (κ1) is 22.7. The molecular weight excluding hydrogens is 372 g/mol. The van der Waals surface area contributed by atoms with E-state index in [1.807, 2.05) is 18.2 Å². The molecule has 0 aliphatic carbocycles. The second-order valence-corrected chi connectivity index (χ2v) is 7.54. The van der Waals surface area contributed by atoms with Gasteiger partial charge in [-0.25, -0.2) is 0 Å². The molecule has 3 nitrogen and oxygen atoms in total. The van der Waals surface area contributed by atoms with Gasteiger partial charge in [-0.3, -0.25) is 0 Å². The van der Waals surface area contributed by atoms with Crippen LogP contribution in [-0.4, -0.2) is 26.2 Å². The van der Waals surface area contributed by atoms with E-state index in [9.17, 15) is 0 Å². The molecule has 0 aliphatic heterocycles. The van der Waals surface area contributed by atoms with Crippen molar-refractivity contribution in [1.29, 1.82) is 0 Å². The summed E-state index contributed by atoms with van der Waals surface area (Å²) >= 11 is 5.72. The molecule has 0 radical (unpaired) electrons. The molecule has 4 heteroatoms. The van der Waals surface area contributed by atoms with Gasteiger partial charge in [-0.1, -0.05) is 69.7 Å². The fourth-order valence-corrected chi connectivity index (χ4v) is 3.51. The van der Waals surface area contributed by atoms with Gasteiger partial charge in [0.25, 0.3) is 0 Å². The van der Waals surface area contributed by atoms with Crippen molar-refractivity contribution >= 4 is 22.4 Å². The Labute approximate surface area is 175 Å². The molecular formula is C24H35ClO3. The fourth-order valence-electron chi connectivity index (χ4n) is 3.32. The molecule has 0 aromatic heterocycles. The van der Waals surface area contributed by atoms with Crippen LogP contribution in [0.2, 0.25) is 0 Å². The van der Waals surface area contributed by atoms with Crippen LogP contribution in [0, 0.1) is 0 Å². The van der Waals surface area contributed by atoms with Gasteiger partial charge in [-0.15, -0.1) is 11.6 Å². The third-order valence-corrected chi connectivity index (χ3v) is 5.19. The molecule has 0 N–H and O–H groups in total. The van der Waals surface area contributed by atoms with Crippen LogP contribution in [0.4, 0.5) is 0 Å². The number of ether oxygens (including phenoxy) is 3. The van der Waals surface area contributed by atoms with E-state index in [-0.39, 0.29) is 0 Å². The topological polar surface area (TPSA) is 27.7 Å². The van der Waals surface area contributed by atoms with E-state index in [0.717, 1.165) is 59.8 Å². The van der Waals surface area contributed by atoms with Crippen LogP contribution >= 0.6 is 11.6 Å². The van der Waals surface area contributed by atoms with E-state index >= 15 is 0 Å². The van der Waals surface area contributed by atoms with E-state index in [1.165, 1.54) is 38.5 Å². The lowest BCUT2D eigenvalue weighted by atomic mass is 10.1. The van der Waals surface area contributed by atoms with Crippen molar-refractivity contribution in [2.45, 2.75) is 64.7 Å². The highest BCUT2D eigenvalue weighted by molar-refractivity contribution is 6.17. The molecule has 0 amide bonds. The van der Waals surface area contributed by atoms with Crippen molar-refractivity contribution in [3.8, 4) is 17.2 Å². The predicted octanol–water partition coefficient (Wildman–Crippen LogP) is 7.38. The zero-order valence-corrected chi connectivity index (χ0v) is 18.2. The Bertz CT molecular complexity index is 687. The number of fused-ring (bicyclic) bond motifs is 1. The molecule has 0 fully saturated rings. The molecule has 2 aromatic rings. The second kappa shape index (κ2) is 13.5. The van der Waals surface area contributed by atoms with E-state index < -0.39 is 0 Å². The van der Waals surface area contributed by atoms with Crippen molar-refractivity contribution in [3.63, 3.8) is 0 Å². The number of hydrogen-bond donors (Lipinski definition) is 0. The summed E-state index contributed by atoms with van der Waals surface area (Å²) in [5, 5.41) is 2.13. The van der Waals surface area contributed by atoms with E-state index in [2.05, 4.69) is 19.1 Å². The third kappa shape index (κ3) is 7.09. The Hall–Kier alpha value is -1.61. The van der Waals surface area contributed by atoms with Crippen LogP contribution < -0.4 is 14.2 Å². The molecule has 0 aliphatic rings. The summed E-state index contributed by atoms with van der Waals surface area (Å²) in [7, 11) is 1.69. The molecule has 156 valence electrons. The van der Waals surface area contributed by atoms with Crippen LogP contribution in [0.15, 0.2) is 30.3 Å². The van der Waals surface area contributed by atoms with Crippen LogP contribution in [0.3, 0.4) is 0 Å². The maximum absolute atomic E-state index is 6.13. The Morgan fingerprint density at radius 1 is 0.750 bits per heavy atom. The molecule has 2 rings (SSSR count). The number of halogens is 1. The minimum atomic E-state index is 0.706. The van der Waals surface area contributed by atoms with Crippen LogP contribution in [0.1, 0.15) is 64.7 Å². The first-order valence-electron chi connectivity index (χ1n) is 10.7. The van der Waals surface area contributed by atoms with Gasteiger partial charge in [-0.05, 0) is 19.3 Å². The third-order valence-electron chi connectivity index (χ3n) is 4.92. The number of benzene rings is 2. The Morgan fingerprint density at radius 2 is 1.39 bits per heavy atom. The smallest absolute Gasteiger partial charge is 0.169 e. The molecule has 0 saturated carbocycles. The average molecular weight is 407 g/mol. The minimum Gasteiger partial charge on any atom is -0.493 e. The van der Waals surface area contributed by atoms with Crippen molar-refractivity contribution in [2.24, 2.45) is 0 Å². The molecule has 0 bridgehead atoms. The summed E-state index contributed by atoms with van der Waals surface area (Å²) in [4.78, 5) is 0. The first-order valence-corrected chi connectivity index (χ1v) is 11.3. The Balaban J connectivity index is 2.00. The van der Waals surface area contributed by atoms with Crippen molar-refractivity contribution in [2.75, 3.05) is 26.2 Å². The zero-order valence-electron chi connectivity index (χ0n) is 17.5. The van der Waals surface area contributed by atoms with Gasteiger partial charge >= 0.3 is 0 Å². The molecule has 0 unspecified atom stereocenters. The highest BCUT2D eigenvalue weighted by Crippen LogP contribution is 2.41. The molecule has 0 saturated heterocycles. The number of unbranched alkanes of at least 4 members (excludes halogenated alkanes) is 7. The van der Waals surface area contributed by atoms with Gasteiger partial charge in [0, 0.05) is 22.7 Å². The lowest BCUT2D eigenvalue weighted by Crippen LogP contribution is -2.02. The molecule has 0 atom stereocenters. The van der Waals surface area contributed by atoms with E-state index in [4.69, 9.17) is 25.8 Å². The summed E-state index contributed by atoms with van der Waals surface area (Å²) in [5.41, 5.74) is 0. The number of rotatable bonds is 15. The van der Waals surface area contributed by atoms with Crippen LogP contribution in [-0.2, 0) is 0 Å². The monoisotopic (exact) mass is 406 g/mol. The maximum atomic E-state index is 6.13. The molecule has 0 heterocycles. The van der Waals surface area contributed by atoms with Gasteiger partial charge in [0.2, 0.25) is 0 Å². The molecule has 2 aromatic carbocycles. The number of alkyl halides is 1. The quantitative estimate of drug-likeness (QED) is 0.228. The number of methoxy groups -OCH3 is 1. The maximum Gasteiger partial charge on any atom is 0.169 e. The van der Waals surface area contributed by atoms with Crippen molar-refractivity contribution < 1.29 is 14.2 Å². The van der Waals surface area contributed by atoms with Gasteiger partial charge in [-0.2, -0.15) is 0 Å². The summed E-state index contributed by atoms with van der Waals surface area (Å²) in [6.07, 6.45) is 10.5. The van der Waals surface area contributed by atoms with Crippen molar-refractivity contribution in [3.05, 3.63) is 30.3 Å². The van der Waals surface area contributed by atoms with Crippen LogP contribution in [0.5, 0.6) is 17.2 Å². The van der Waals surface area contributed by atoms with Gasteiger partial charge in [0.1, 0.15) is 5.75 Å². The predicted molar refractivity (Wildman–Crippen MR) is 119 cm³/mol. The van der Waals surface area contributed by atoms with E-state index in [0.29, 0.717) is 6.61 Å². The highest BCUT2D eigenvalue weighted by Gasteiger charge is 2.15. The molecule has 28 heavy (non-hydrogen) atoms. The Morgan fingerprint density at radius 3 is 2.11 bits per heavy atom. The average Bonchev–Trinajstić information content (AvgIpc) is 2.73. The first-order chi connectivity index (χ1) is 13.8. The SMILES string of the molecule is CCCCCOc1c(OC)cc(OCCCCCCCCCl)c2ccccc12. The molecule has 0 spiro atoms. The standard InChI is InChI=1S/C24H35ClO3/c1-3-4-12-18-28-24-21-15-10-9-14-20(21)22(19-23(24)26-2)27-17-13-8-6-5-7-11-16-25/h9-10,14-15,19H,3-8,11-13,16-18H2,1-2H3. The summed E-state index contributed by atoms with van der Waals surface area (Å²) in [5.74, 6) is 3.21. The van der Waals surface area contributed by atoms with Crippen LogP contribution in [0.25, 0.3) is 10.8 Å².